The van der Waals surface area contributed by atoms with Crippen LogP contribution >= 0.6 is 0 Å². The van der Waals surface area contributed by atoms with E-state index in [1.807, 2.05) is 80.6 Å². The largest absolute Gasteiger partial charge is 0.456 e. The molecule has 0 fully saturated rings. The van der Waals surface area contributed by atoms with E-state index < -0.39 is 0 Å². The van der Waals surface area contributed by atoms with Gasteiger partial charge < -0.3 is 13.4 Å². The van der Waals surface area contributed by atoms with Crippen molar-refractivity contribution >= 4 is 65.7 Å². The quantitative estimate of drug-likeness (QED) is 0.167. The third-order valence-electron chi connectivity index (χ3n) is 12.3. The lowest BCUT2D eigenvalue weighted by Gasteiger charge is -2.13. The minimum absolute atomic E-state index is 0.580. The molecule has 0 bridgehead atoms. The zero-order chi connectivity index (χ0) is 43.4. The first-order chi connectivity index (χ1) is 32.2. The topological polar surface area (TPSA) is 69.9 Å². The summed E-state index contributed by atoms with van der Waals surface area (Å²) in [5.74, 6) is 1.78. The fourth-order valence-electron chi connectivity index (χ4n) is 9.32. The second kappa shape index (κ2) is 15.6. The van der Waals surface area contributed by atoms with Crippen molar-refractivity contribution in [3.05, 3.63) is 206 Å². The number of hydrogen-bond acceptors (Lipinski definition) is 5. The van der Waals surface area contributed by atoms with Crippen LogP contribution in [0.5, 0.6) is 0 Å². The van der Waals surface area contributed by atoms with Gasteiger partial charge >= 0.3 is 0 Å². The van der Waals surface area contributed by atoms with Crippen molar-refractivity contribution < 1.29 is 8.83 Å². The Morgan fingerprint density at radius 1 is 0.338 bits per heavy atom. The molecule has 0 aliphatic heterocycles. The maximum atomic E-state index is 6.48. The van der Waals surface area contributed by atoms with Gasteiger partial charge in [0, 0.05) is 65.8 Å². The second-order valence-corrected chi connectivity index (χ2v) is 15.9. The van der Waals surface area contributed by atoms with E-state index in [4.69, 9.17) is 23.8 Å². The summed E-state index contributed by atoms with van der Waals surface area (Å²) in [4.78, 5) is 15.1. The Kier molecular flexibility index (Phi) is 9.16. The predicted molar refractivity (Wildman–Crippen MR) is 267 cm³/mol. The molecule has 4 aromatic heterocycles. The molecule has 0 radical (unpaired) electrons. The van der Waals surface area contributed by atoms with Gasteiger partial charge in [-0.3, -0.25) is 0 Å². The molecule has 0 atom stereocenters. The van der Waals surface area contributed by atoms with Crippen LogP contribution < -0.4 is 0 Å². The van der Waals surface area contributed by atoms with Crippen molar-refractivity contribution in [1.29, 1.82) is 0 Å². The lowest BCUT2D eigenvalue weighted by molar-refractivity contribution is 0.669. The second-order valence-electron chi connectivity index (χ2n) is 15.9. The van der Waals surface area contributed by atoms with Gasteiger partial charge in [0.1, 0.15) is 22.3 Å². The highest BCUT2D eigenvalue weighted by atomic mass is 16.3. The van der Waals surface area contributed by atoms with Gasteiger partial charge in [-0.2, -0.15) is 0 Å². The molecule has 6 nitrogen and oxygen atoms in total. The van der Waals surface area contributed by atoms with E-state index in [0.29, 0.717) is 17.5 Å². The molecule has 6 heteroatoms. The Morgan fingerprint density at radius 3 is 1.60 bits per heavy atom. The van der Waals surface area contributed by atoms with Crippen molar-refractivity contribution in [1.82, 2.24) is 19.5 Å². The summed E-state index contributed by atoms with van der Waals surface area (Å²) in [7, 11) is 0. The van der Waals surface area contributed by atoms with Crippen LogP contribution in [0.2, 0.25) is 0 Å². The molecular formula is C59H40N4O2. The van der Waals surface area contributed by atoms with Crippen LogP contribution in [-0.2, 0) is 0 Å². The summed E-state index contributed by atoms with van der Waals surface area (Å²) < 4.78 is 15.1. The summed E-state index contributed by atoms with van der Waals surface area (Å²) in [6.07, 6.45) is 0. The van der Waals surface area contributed by atoms with E-state index in [9.17, 15) is 0 Å². The fraction of sp³-hybridized carbons (Fsp3) is 0.0339. The molecule has 13 rings (SSSR count). The summed E-state index contributed by atoms with van der Waals surface area (Å²) in [5.41, 5.74) is 13.8. The number of aromatic nitrogens is 4. The highest BCUT2D eigenvalue weighted by Gasteiger charge is 2.19. The van der Waals surface area contributed by atoms with Crippen LogP contribution in [0.25, 0.3) is 128 Å². The molecule has 65 heavy (non-hydrogen) atoms. The number of nitrogens with zero attached hydrogens (tertiary/aromatic N) is 4. The average Bonchev–Trinajstić information content (AvgIpc) is 4.07. The van der Waals surface area contributed by atoms with Gasteiger partial charge in [0.05, 0.1) is 11.0 Å². The van der Waals surface area contributed by atoms with Crippen LogP contribution in [0.4, 0.5) is 0 Å². The zero-order valence-corrected chi connectivity index (χ0v) is 35.7. The van der Waals surface area contributed by atoms with Crippen molar-refractivity contribution in [2.24, 2.45) is 0 Å². The monoisotopic (exact) mass is 836 g/mol. The van der Waals surface area contributed by atoms with E-state index in [-0.39, 0.29) is 0 Å². The van der Waals surface area contributed by atoms with Gasteiger partial charge in [0.25, 0.3) is 0 Å². The van der Waals surface area contributed by atoms with Gasteiger partial charge in [-0.05, 0) is 71.8 Å². The minimum Gasteiger partial charge on any atom is -0.456 e. The molecule has 0 aliphatic carbocycles. The van der Waals surface area contributed by atoms with Crippen LogP contribution in [0.3, 0.4) is 0 Å². The Balaban J connectivity index is 0.00000219. The number of benzene rings is 9. The number of para-hydroxylation sites is 5. The molecular weight excluding hydrogens is 797 g/mol. The highest BCUT2D eigenvalue weighted by molar-refractivity contribution is 6.14. The number of rotatable bonds is 6. The molecule has 0 amide bonds. The number of fused-ring (bicyclic) bond motifs is 9. The summed E-state index contributed by atoms with van der Waals surface area (Å²) in [6.45, 7) is 4.00. The maximum Gasteiger partial charge on any atom is 0.164 e. The Bertz CT molecular complexity index is 3920. The molecule has 308 valence electrons. The molecule has 4 heterocycles. The molecule has 0 unspecified atom stereocenters. The first-order valence-electron chi connectivity index (χ1n) is 22.1. The normalized spacial score (nSPS) is 11.5. The molecule has 0 saturated carbocycles. The molecule has 0 saturated heterocycles. The first-order valence-corrected chi connectivity index (χ1v) is 22.1. The standard InChI is InChI=1S/C57H34N4O2.C2H6/c1-2-13-35(14-3-1)55-58-56(60-57(59-55)39-29-32-46-44-18-5-8-25-50(44)62-52(46)34-39)36-27-30-40(31-28-36)61-49-24-7-4-17-43(49)47-22-11-20-41(53(47)61)37-15-10-16-38(33-37)42-21-12-23-48-45-19-6-9-26-51(45)63-54(42)48;1-2/h1-34H;1-2H3. The van der Waals surface area contributed by atoms with Crippen LogP contribution in [-0.4, -0.2) is 19.5 Å². The lowest BCUT2D eigenvalue weighted by atomic mass is 9.96. The van der Waals surface area contributed by atoms with E-state index >= 15 is 0 Å². The Hall–Kier alpha value is -8.61. The van der Waals surface area contributed by atoms with Crippen LogP contribution in [0.1, 0.15) is 13.8 Å². The average molecular weight is 837 g/mol. The van der Waals surface area contributed by atoms with Gasteiger partial charge in [0.2, 0.25) is 0 Å². The van der Waals surface area contributed by atoms with Crippen molar-refractivity contribution in [2.75, 3.05) is 0 Å². The number of hydrogen-bond donors (Lipinski definition) is 0. The summed E-state index contributed by atoms with van der Waals surface area (Å²) in [5, 5.41) is 6.77. The number of furan rings is 2. The van der Waals surface area contributed by atoms with Crippen LogP contribution in [0.15, 0.2) is 215 Å². The third kappa shape index (κ3) is 6.37. The van der Waals surface area contributed by atoms with Crippen molar-refractivity contribution in [3.8, 4) is 62.1 Å². The van der Waals surface area contributed by atoms with E-state index in [1.54, 1.807) is 0 Å². The first kappa shape index (κ1) is 38.1. The predicted octanol–water partition coefficient (Wildman–Crippen LogP) is 16.1. The summed E-state index contributed by atoms with van der Waals surface area (Å²) >= 11 is 0. The smallest absolute Gasteiger partial charge is 0.164 e. The maximum absolute atomic E-state index is 6.48. The fourth-order valence-corrected chi connectivity index (χ4v) is 9.32. The van der Waals surface area contributed by atoms with Gasteiger partial charge in [0.15, 0.2) is 17.5 Å². The SMILES string of the molecule is CC.c1ccc(-c2nc(-c3ccc(-n4c5ccccc5c5cccc(-c6cccc(-c7cccc8c7oc7ccccc78)c6)c54)cc3)nc(-c3ccc4c(c3)oc3ccccc34)n2)cc1. The molecule has 0 spiro atoms. The minimum atomic E-state index is 0.580. The van der Waals surface area contributed by atoms with Gasteiger partial charge in [-0.25, -0.2) is 15.0 Å². The Labute approximate surface area is 374 Å². The van der Waals surface area contributed by atoms with Crippen LogP contribution in [0, 0.1) is 0 Å². The van der Waals surface area contributed by atoms with Gasteiger partial charge in [-0.15, -0.1) is 0 Å². The summed E-state index contributed by atoms with van der Waals surface area (Å²) in [6, 6.07) is 71.7. The molecule has 9 aromatic carbocycles. The molecule has 0 aliphatic rings. The van der Waals surface area contributed by atoms with E-state index in [0.717, 1.165) is 99.5 Å². The zero-order valence-electron chi connectivity index (χ0n) is 35.7. The van der Waals surface area contributed by atoms with Crippen molar-refractivity contribution in [3.63, 3.8) is 0 Å². The van der Waals surface area contributed by atoms with E-state index in [2.05, 4.69) is 144 Å². The Morgan fingerprint density at radius 2 is 0.846 bits per heavy atom. The highest BCUT2D eigenvalue weighted by Crippen LogP contribution is 2.41. The third-order valence-corrected chi connectivity index (χ3v) is 12.3. The molecule has 0 N–H and O–H groups in total. The lowest BCUT2D eigenvalue weighted by Crippen LogP contribution is -2.00. The van der Waals surface area contributed by atoms with Crippen molar-refractivity contribution in [2.45, 2.75) is 13.8 Å². The van der Waals surface area contributed by atoms with E-state index in [1.165, 1.54) is 10.8 Å². The molecule has 13 aromatic rings. The van der Waals surface area contributed by atoms with Gasteiger partial charge in [-0.1, -0.05) is 159 Å².